The maximum atomic E-state index is 8.25. The van der Waals surface area contributed by atoms with Crippen molar-refractivity contribution in [1.82, 2.24) is 4.90 Å². The van der Waals surface area contributed by atoms with Crippen LogP contribution in [0.4, 0.5) is 0 Å². The van der Waals surface area contributed by atoms with Crippen LogP contribution in [-0.2, 0) is 6.42 Å². The van der Waals surface area contributed by atoms with E-state index in [9.17, 15) is 0 Å². The molecule has 2 rings (SSSR count). The molecule has 0 bridgehead atoms. The molecule has 1 heterocycles. The van der Waals surface area contributed by atoms with Crippen LogP contribution in [0.15, 0.2) is 17.5 Å². The van der Waals surface area contributed by atoms with Crippen LogP contribution in [-0.4, -0.2) is 24.3 Å². The molecule has 0 amide bonds. The summed E-state index contributed by atoms with van der Waals surface area (Å²) < 4.78 is 0. The van der Waals surface area contributed by atoms with E-state index >= 15 is 0 Å². The molecule has 1 fully saturated rings. The van der Waals surface area contributed by atoms with Gasteiger partial charge in [0.05, 0.1) is 5.84 Å². The lowest BCUT2D eigenvalue weighted by Gasteiger charge is -2.29. The van der Waals surface area contributed by atoms with Gasteiger partial charge in [0.1, 0.15) is 0 Å². The molecule has 0 unspecified atom stereocenters. The molecule has 0 spiro atoms. The predicted octanol–water partition coefficient (Wildman–Crippen LogP) is 3.78. The van der Waals surface area contributed by atoms with Crippen molar-refractivity contribution in [3.05, 3.63) is 22.4 Å². The van der Waals surface area contributed by atoms with E-state index < -0.39 is 0 Å². The minimum atomic E-state index is 0.525. The molecule has 1 N–H and O–H groups in total. The molecular formula is C14H22N2S. The Morgan fingerprint density at radius 3 is 2.82 bits per heavy atom. The highest BCUT2D eigenvalue weighted by Crippen LogP contribution is 2.25. The zero-order valence-electron chi connectivity index (χ0n) is 10.6. The van der Waals surface area contributed by atoms with Crippen LogP contribution in [0.25, 0.3) is 0 Å². The van der Waals surface area contributed by atoms with E-state index in [1.54, 1.807) is 0 Å². The molecule has 0 aliphatic heterocycles. The molecule has 0 radical (unpaired) electrons. The molecule has 2 nitrogen and oxygen atoms in total. The molecule has 1 aliphatic carbocycles. The van der Waals surface area contributed by atoms with E-state index in [0.29, 0.717) is 5.92 Å². The number of thiophene rings is 1. The summed E-state index contributed by atoms with van der Waals surface area (Å²) in [5.74, 6) is 1.39. The normalized spacial score (nSPS) is 17.0. The van der Waals surface area contributed by atoms with E-state index in [1.807, 2.05) is 11.3 Å². The molecule has 0 saturated heterocycles. The van der Waals surface area contributed by atoms with Gasteiger partial charge in [0.2, 0.25) is 0 Å². The van der Waals surface area contributed by atoms with E-state index in [-0.39, 0.29) is 0 Å². The Labute approximate surface area is 108 Å². The summed E-state index contributed by atoms with van der Waals surface area (Å²) >= 11 is 1.82. The van der Waals surface area contributed by atoms with E-state index in [2.05, 4.69) is 29.5 Å². The molecular weight excluding hydrogens is 228 g/mol. The monoisotopic (exact) mass is 250 g/mol. The highest BCUT2D eigenvalue weighted by Gasteiger charge is 2.20. The van der Waals surface area contributed by atoms with Gasteiger partial charge in [-0.1, -0.05) is 25.3 Å². The fourth-order valence-corrected chi connectivity index (χ4v) is 3.24. The van der Waals surface area contributed by atoms with Gasteiger partial charge in [0.25, 0.3) is 0 Å². The Morgan fingerprint density at radius 1 is 1.41 bits per heavy atom. The minimum Gasteiger partial charge on any atom is -0.363 e. The van der Waals surface area contributed by atoms with Crippen LogP contribution < -0.4 is 0 Å². The Morgan fingerprint density at radius 2 is 2.18 bits per heavy atom. The second-order valence-corrected chi connectivity index (χ2v) is 6.00. The SMILES string of the molecule is CN(CCc1cccs1)C(=N)C1CCCCC1. The van der Waals surface area contributed by atoms with Crippen molar-refractivity contribution in [3.63, 3.8) is 0 Å². The first-order valence-electron chi connectivity index (χ1n) is 6.59. The van der Waals surface area contributed by atoms with E-state index in [1.165, 1.54) is 37.0 Å². The highest BCUT2D eigenvalue weighted by molar-refractivity contribution is 7.09. The second kappa shape index (κ2) is 6.20. The van der Waals surface area contributed by atoms with Gasteiger partial charge in [0, 0.05) is 24.4 Å². The van der Waals surface area contributed by atoms with Crippen molar-refractivity contribution in [3.8, 4) is 0 Å². The van der Waals surface area contributed by atoms with E-state index in [4.69, 9.17) is 5.41 Å². The first-order chi connectivity index (χ1) is 8.27. The van der Waals surface area contributed by atoms with Gasteiger partial charge in [0.15, 0.2) is 0 Å². The quantitative estimate of drug-likeness (QED) is 0.639. The lowest BCUT2D eigenvalue weighted by atomic mass is 9.88. The Balaban J connectivity index is 1.78. The van der Waals surface area contributed by atoms with Crippen molar-refractivity contribution in [2.75, 3.05) is 13.6 Å². The minimum absolute atomic E-state index is 0.525. The van der Waals surface area contributed by atoms with Crippen molar-refractivity contribution >= 4 is 17.2 Å². The molecule has 3 heteroatoms. The third kappa shape index (κ3) is 3.56. The van der Waals surface area contributed by atoms with E-state index in [0.717, 1.165) is 18.8 Å². The first kappa shape index (κ1) is 12.6. The largest absolute Gasteiger partial charge is 0.363 e. The standard InChI is InChI=1S/C14H22N2S/c1-16(10-9-13-8-5-11-17-13)14(15)12-6-3-2-4-7-12/h5,8,11-12,15H,2-4,6-7,9-10H2,1H3. The van der Waals surface area contributed by atoms with Crippen molar-refractivity contribution in [1.29, 1.82) is 5.41 Å². The topological polar surface area (TPSA) is 27.1 Å². The van der Waals surface area contributed by atoms with Crippen LogP contribution in [0.1, 0.15) is 37.0 Å². The number of hydrogen-bond donors (Lipinski definition) is 1. The third-order valence-electron chi connectivity index (χ3n) is 3.68. The number of likely N-dealkylation sites (N-methyl/N-ethyl adjacent to an activating group) is 1. The fraction of sp³-hybridized carbons (Fsp3) is 0.643. The van der Waals surface area contributed by atoms with Gasteiger partial charge in [-0.05, 0) is 30.7 Å². The van der Waals surface area contributed by atoms with Gasteiger partial charge >= 0.3 is 0 Å². The van der Waals surface area contributed by atoms with Crippen LogP contribution in [0.2, 0.25) is 0 Å². The van der Waals surface area contributed by atoms with Gasteiger partial charge in [-0.2, -0.15) is 0 Å². The zero-order valence-corrected chi connectivity index (χ0v) is 11.4. The number of hydrogen-bond acceptors (Lipinski definition) is 2. The Hall–Kier alpha value is -0.830. The second-order valence-electron chi connectivity index (χ2n) is 4.97. The fourth-order valence-electron chi connectivity index (χ4n) is 2.54. The Kier molecular flexibility index (Phi) is 4.60. The maximum absolute atomic E-state index is 8.25. The maximum Gasteiger partial charge on any atom is 0.0986 e. The third-order valence-corrected chi connectivity index (χ3v) is 4.61. The van der Waals surface area contributed by atoms with Crippen LogP contribution in [0, 0.1) is 11.3 Å². The Bertz CT molecular complexity index is 339. The predicted molar refractivity (Wildman–Crippen MR) is 75.0 cm³/mol. The molecule has 0 atom stereocenters. The average molecular weight is 250 g/mol. The van der Waals surface area contributed by atoms with Gasteiger partial charge < -0.3 is 4.90 Å². The number of nitrogens with zero attached hydrogens (tertiary/aromatic N) is 1. The molecule has 94 valence electrons. The summed E-state index contributed by atoms with van der Waals surface area (Å²) in [7, 11) is 2.07. The molecule has 1 aliphatic rings. The molecule has 1 aromatic rings. The number of nitrogens with one attached hydrogen (secondary N) is 1. The summed E-state index contributed by atoms with van der Waals surface area (Å²) in [6.45, 7) is 0.982. The summed E-state index contributed by atoms with van der Waals surface area (Å²) in [4.78, 5) is 3.57. The van der Waals surface area contributed by atoms with Gasteiger partial charge in [-0.3, -0.25) is 5.41 Å². The zero-order chi connectivity index (χ0) is 12.1. The lowest BCUT2D eigenvalue weighted by Crippen LogP contribution is -2.34. The smallest absolute Gasteiger partial charge is 0.0986 e. The molecule has 1 aromatic heterocycles. The van der Waals surface area contributed by atoms with Crippen molar-refractivity contribution in [2.45, 2.75) is 38.5 Å². The summed E-state index contributed by atoms with van der Waals surface area (Å²) in [6.07, 6.45) is 7.51. The molecule has 17 heavy (non-hydrogen) atoms. The highest BCUT2D eigenvalue weighted by atomic mass is 32.1. The van der Waals surface area contributed by atoms with Gasteiger partial charge in [-0.25, -0.2) is 0 Å². The van der Waals surface area contributed by atoms with Gasteiger partial charge in [-0.15, -0.1) is 11.3 Å². The number of amidine groups is 1. The van der Waals surface area contributed by atoms with Crippen LogP contribution in [0.5, 0.6) is 0 Å². The van der Waals surface area contributed by atoms with Crippen LogP contribution in [0.3, 0.4) is 0 Å². The molecule has 0 aromatic carbocycles. The van der Waals surface area contributed by atoms with Crippen molar-refractivity contribution < 1.29 is 0 Å². The lowest BCUT2D eigenvalue weighted by molar-refractivity contribution is 0.387. The first-order valence-corrected chi connectivity index (χ1v) is 7.47. The number of rotatable bonds is 4. The summed E-state index contributed by atoms with van der Waals surface area (Å²) in [6, 6.07) is 4.29. The summed E-state index contributed by atoms with van der Waals surface area (Å²) in [5, 5.41) is 10.4. The molecule has 1 saturated carbocycles. The van der Waals surface area contributed by atoms with Crippen molar-refractivity contribution in [2.24, 2.45) is 5.92 Å². The summed E-state index contributed by atoms with van der Waals surface area (Å²) in [5.41, 5.74) is 0. The van der Waals surface area contributed by atoms with Crippen LogP contribution >= 0.6 is 11.3 Å². The average Bonchev–Trinajstić information content (AvgIpc) is 2.89.